The molecule has 2 aliphatic heterocycles. The summed E-state index contributed by atoms with van der Waals surface area (Å²) in [6, 6.07) is 3.77. The molecule has 0 spiro atoms. The molecule has 134 valence electrons. The third-order valence-corrected chi connectivity index (χ3v) is 6.81. The lowest BCUT2D eigenvalue weighted by atomic mass is 9.83. The maximum Gasteiger partial charge on any atom is 0.279 e. The van der Waals surface area contributed by atoms with Gasteiger partial charge in [-0.2, -0.15) is 17.4 Å². The van der Waals surface area contributed by atoms with Gasteiger partial charge in [0.1, 0.15) is 0 Å². The van der Waals surface area contributed by atoms with Crippen LogP contribution in [-0.2, 0) is 21.4 Å². The minimum atomic E-state index is -3.45. The Hall–Kier alpha value is -1.02. The van der Waals surface area contributed by atoms with Gasteiger partial charge in [-0.3, -0.25) is 4.98 Å². The van der Waals surface area contributed by atoms with Gasteiger partial charge in [0.15, 0.2) is 0 Å². The SMILES string of the molecule is CC1(C)CCN(S(=O)(=O)N[C@H]2COC[C@H]2Cc2ccncc2)CC1. The molecular weight excluding hydrogens is 326 g/mol. The van der Waals surface area contributed by atoms with Gasteiger partial charge in [0.25, 0.3) is 10.2 Å². The highest BCUT2D eigenvalue weighted by Gasteiger charge is 2.36. The maximum atomic E-state index is 12.7. The first-order valence-electron chi connectivity index (χ1n) is 8.60. The van der Waals surface area contributed by atoms with Gasteiger partial charge in [-0.05, 0) is 42.4 Å². The number of aromatic nitrogens is 1. The largest absolute Gasteiger partial charge is 0.379 e. The van der Waals surface area contributed by atoms with Gasteiger partial charge in [-0.1, -0.05) is 13.8 Å². The topological polar surface area (TPSA) is 71.5 Å². The number of nitrogens with one attached hydrogen (secondary N) is 1. The first-order valence-corrected chi connectivity index (χ1v) is 10.0. The summed E-state index contributed by atoms with van der Waals surface area (Å²) in [6.07, 6.45) is 6.12. The summed E-state index contributed by atoms with van der Waals surface area (Å²) >= 11 is 0. The molecule has 24 heavy (non-hydrogen) atoms. The fourth-order valence-electron chi connectivity index (χ4n) is 3.35. The molecule has 0 radical (unpaired) electrons. The number of hydrogen-bond donors (Lipinski definition) is 1. The van der Waals surface area contributed by atoms with Crippen LogP contribution in [0.15, 0.2) is 24.5 Å². The third-order valence-electron chi connectivity index (χ3n) is 5.16. The Morgan fingerprint density at radius 2 is 1.92 bits per heavy atom. The molecule has 0 saturated carbocycles. The molecule has 7 heteroatoms. The van der Waals surface area contributed by atoms with Crippen LogP contribution in [0, 0.1) is 11.3 Å². The van der Waals surface area contributed by atoms with Crippen molar-refractivity contribution in [1.29, 1.82) is 0 Å². The summed E-state index contributed by atoms with van der Waals surface area (Å²) < 4.78 is 35.4. The summed E-state index contributed by atoms with van der Waals surface area (Å²) in [6.45, 7) is 6.59. The molecule has 0 aromatic carbocycles. The lowest BCUT2D eigenvalue weighted by Crippen LogP contribution is -2.51. The van der Waals surface area contributed by atoms with Gasteiger partial charge in [0, 0.05) is 31.4 Å². The zero-order valence-electron chi connectivity index (χ0n) is 14.4. The molecular formula is C17H27N3O3S. The first kappa shape index (κ1) is 17.8. The Morgan fingerprint density at radius 1 is 1.25 bits per heavy atom. The van der Waals surface area contributed by atoms with Crippen molar-refractivity contribution >= 4 is 10.2 Å². The summed E-state index contributed by atoms with van der Waals surface area (Å²) in [5.41, 5.74) is 1.39. The Labute approximate surface area is 144 Å². The molecule has 2 aliphatic rings. The fraction of sp³-hybridized carbons (Fsp3) is 0.706. The highest BCUT2D eigenvalue weighted by Crippen LogP contribution is 2.31. The highest BCUT2D eigenvalue weighted by molar-refractivity contribution is 7.87. The van der Waals surface area contributed by atoms with Crippen LogP contribution in [0.4, 0.5) is 0 Å². The molecule has 0 unspecified atom stereocenters. The summed E-state index contributed by atoms with van der Waals surface area (Å²) in [7, 11) is -3.45. The van der Waals surface area contributed by atoms with E-state index in [9.17, 15) is 8.42 Å². The van der Waals surface area contributed by atoms with Crippen LogP contribution in [0.5, 0.6) is 0 Å². The molecule has 2 atom stereocenters. The van der Waals surface area contributed by atoms with E-state index in [-0.39, 0.29) is 17.4 Å². The minimum Gasteiger partial charge on any atom is -0.379 e. The third kappa shape index (κ3) is 4.33. The van der Waals surface area contributed by atoms with Crippen LogP contribution < -0.4 is 4.72 Å². The normalized spacial score (nSPS) is 28.1. The predicted octanol–water partition coefficient (Wildman–Crippen LogP) is 1.60. The Kier molecular flexibility index (Phi) is 5.24. The number of ether oxygens (including phenoxy) is 1. The van der Waals surface area contributed by atoms with E-state index in [0.29, 0.717) is 26.3 Å². The number of nitrogens with zero attached hydrogens (tertiary/aromatic N) is 2. The Morgan fingerprint density at radius 3 is 2.58 bits per heavy atom. The average Bonchev–Trinajstić information content (AvgIpc) is 2.94. The van der Waals surface area contributed by atoms with Gasteiger partial charge in [0.2, 0.25) is 0 Å². The van der Waals surface area contributed by atoms with Gasteiger partial charge in [0.05, 0.1) is 19.3 Å². The molecule has 2 fully saturated rings. The summed E-state index contributed by atoms with van der Waals surface area (Å²) in [4.78, 5) is 4.02. The van der Waals surface area contributed by atoms with Crippen LogP contribution >= 0.6 is 0 Å². The van der Waals surface area contributed by atoms with Crippen molar-refractivity contribution in [2.24, 2.45) is 11.3 Å². The van der Waals surface area contributed by atoms with Crippen molar-refractivity contribution in [2.45, 2.75) is 39.2 Å². The summed E-state index contributed by atoms with van der Waals surface area (Å²) in [5, 5.41) is 0. The first-order chi connectivity index (χ1) is 11.4. The lowest BCUT2D eigenvalue weighted by molar-refractivity contribution is 0.182. The number of hydrogen-bond acceptors (Lipinski definition) is 4. The highest BCUT2D eigenvalue weighted by atomic mass is 32.2. The van der Waals surface area contributed by atoms with Crippen molar-refractivity contribution in [2.75, 3.05) is 26.3 Å². The monoisotopic (exact) mass is 353 g/mol. The quantitative estimate of drug-likeness (QED) is 0.873. The molecule has 2 saturated heterocycles. The van der Waals surface area contributed by atoms with Crippen LogP contribution in [0.2, 0.25) is 0 Å². The van der Waals surface area contributed by atoms with E-state index in [4.69, 9.17) is 4.74 Å². The number of piperidine rings is 1. The van der Waals surface area contributed by atoms with E-state index in [1.807, 2.05) is 12.1 Å². The smallest absolute Gasteiger partial charge is 0.279 e. The van der Waals surface area contributed by atoms with Gasteiger partial charge in [-0.25, -0.2) is 0 Å². The summed E-state index contributed by atoms with van der Waals surface area (Å²) in [5.74, 6) is 0.156. The van der Waals surface area contributed by atoms with E-state index in [1.54, 1.807) is 16.7 Å². The molecule has 0 bridgehead atoms. The molecule has 0 aliphatic carbocycles. The van der Waals surface area contributed by atoms with Crippen LogP contribution in [-0.4, -0.2) is 50.1 Å². The zero-order chi connectivity index (χ0) is 17.2. The van der Waals surface area contributed by atoms with Crippen LogP contribution in [0.1, 0.15) is 32.3 Å². The maximum absolute atomic E-state index is 12.7. The van der Waals surface area contributed by atoms with E-state index in [0.717, 1.165) is 24.8 Å². The molecule has 6 nitrogen and oxygen atoms in total. The van der Waals surface area contributed by atoms with Crippen LogP contribution in [0.3, 0.4) is 0 Å². The molecule has 3 heterocycles. The van der Waals surface area contributed by atoms with Crippen molar-refractivity contribution in [3.63, 3.8) is 0 Å². The van der Waals surface area contributed by atoms with Crippen molar-refractivity contribution < 1.29 is 13.2 Å². The van der Waals surface area contributed by atoms with E-state index < -0.39 is 10.2 Å². The molecule has 1 aromatic heterocycles. The fourth-order valence-corrected chi connectivity index (χ4v) is 4.80. The molecule has 1 aromatic rings. The van der Waals surface area contributed by atoms with Crippen molar-refractivity contribution in [3.8, 4) is 0 Å². The van der Waals surface area contributed by atoms with Gasteiger partial charge >= 0.3 is 0 Å². The van der Waals surface area contributed by atoms with E-state index in [1.165, 1.54) is 0 Å². The molecule has 1 N–H and O–H groups in total. The van der Waals surface area contributed by atoms with Gasteiger partial charge < -0.3 is 4.74 Å². The number of pyridine rings is 1. The zero-order valence-corrected chi connectivity index (χ0v) is 15.3. The predicted molar refractivity (Wildman–Crippen MR) is 92.7 cm³/mol. The Bertz CT molecular complexity index is 638. The number of rotatable bonds is 5. The van der Waals surface area contributed by atoms with E-state index >= 15 is 0 Å². The Balaban J connectivity index is 1.61. The van der Waals surface area contributed by atoms with Crippen molar-refractivity contribution in [1.82, 2.24) is 14.0 Å². The average molecular weight is 353 g/mol. The minimum absolute atomic E-state index is 0.156. The second kappa shape index (κ2) is 7.07. The standard InChI is InChI=1S/C17H27N3O3S/c1-17(2)5-9-20(10-6-17)24(21,22)19-16-13-23-12-15(16)11-14-3-7-18-8-4-14/h3-4,7-8,15-16,19H,5-6,9-13H2,1-2H3/t15-,16+/m1/s1. The molecule has 0 amide bonds. The lowest BCUT2D eigenvalue weighted by Gasteiger charge is -2.36. The second-order valence-electron chi connectivity index (χ2n) is 7.65. The van der Waals surface area contributed by atoms with Crippen LogP contribution in [0.25, 0.3) is 0 Å². The molecule has 3 rings (SSSR count). The van der Waals surface area contributed by atoms with Crippen molar-refractivity contribution in [3.05, 3.63) is 30.1 Å². The van der Waals surface area contributed by atoms with Gasteiger partial charge in [-0.15, -0.1) is 0 Å². The van der Waals surface area contributed by atoms with E-state index in [2.05, 4.69) is 23.6 Å². The second-order valence-corrected chi connectivity index (χ2v) is 9.35.